The third-order valence-corrected chi connectivity index (χ3v) is 4.18. The molecule has 140 valence electrons. The minimum absolute atomic E-state index is 0.418. The van der Waals surface area contributed by atoms with Crippen molar-refractivity contribution < 1.29 is 30.6 Å². The molecule has 0 saturated carbocycles. The Morgan fingerprint density at radius 3 is 2.08 bits per heavy atom. The molecule has 1 heterocycles. The number of nitrogens with one attached hydrogen (secondary N) is 1. The van der Waals surface area contributed by atoms with Crippen molar-refractivity contribution in [2.45, 2.75) is 11.7 Å². The Kier molecular flexibility index (Phi) is 5.46. The smallest absolute Gasteiger partial charge is 0.282 e. The average Bonchev–Trinajstić information content (AvgIpc) is 2.87. The molecule has 14 heteroatoms. The third kappa shape index (κ3) is 4.22. The number of hydrogen-bond donors (Lipinski definition) is 1. The fourth-order valence-electron chi connectivity index (χ4n) is 1.76. The van der Waals surface area contributed by atoms with Crippen molar-refractivity contribution >= 4 is 40.0 Å². The summed E-state index contributed by atoms with van der Waals surface area (Å²) in [5.74, 6) is -0.610. The van der Waals surface area contributed by atoms with E-state index in [4.69, 9.17) is 28.5 Å². The molecule has 5 nitrogen and oxygen atoms in total. The number of alkyl halides is 6. The second-order valence-electron chi connectivity index (χ2n) is 4.54. The van der Waals surface area contributed by atoms with E-state index in [1.165, 1.54) is 6.07 Å². The zero-order valence-corrected chi connectivity index (χ0v) is 14.2. The second kappa shape index (κ2) is 6.98. The quantitative estimate of drug-likeness (QED) is 0.710. The van der Waals surface area contributed by atoms with Gasteiger partial charge in [-0.05, 0) is 12.1 Å². The van der Waals surface area contributed by atoms with Crippen LogP contribution in [0.25, 0.3) is 5.69 Å². The number of benzene rings is 1. The normalized spacial score (nSPS) is 13.3. The summed E-state index contributed by atoms with van der Waals surface area (Å²) in [4.78, 5) is 0. The van der Waals surface area contributed by atoms with Crippen molar-refractivity contribution in [2.75, 3.05) is 4.72 Å². The number of rotatable bonds is 3. The Bertz CT molecular complexity index is 895. The highest BCUT2D eigenvalue weighted by Gasteiger charge is 2.38. The Morgan fingerprint density at radius 1 is 1.12 bits per heavy atom. The molecular formula is C12H4Cl2F6N4OS. The van der Waals surface area contributed by atoms with E-state index in [9.17, 15) is 30.6 Å². The van der Waals surface area contributed by atoms with Gasteiger partial charge in [0.1, 0.15) is 17.6 Å². The summed E-state index contributed by atoms with van der Waals surface area (Å²) < 4.78 is 89.0. The molecule has 0 bridgehead atoms. The molecule has 0 aliphatic rings. The van der Waals surface area contributed by atoms with Crippen molar-refractivity contribution in [2.24, 2.45) is 0 Å². The molecule has 1 aromatic carbocycles. The number of halogens is 8. The van der Waals surface area contributed by atoms with Crippen molar-refractivity contribution in [3.63, 3.8) is 0 Å². The first-order valence-corrected chi connectivity index (χ1v) is 8.07. The zero-order chi connectivity index (χ0) is 19.9. The van der Waals surface area contributed by atoms with Gasteiger partial charge in [-0.3, -0.25) is 4.72 Å². The van der Waals surface area contributed by atoms with Gasteiger partial charge in [0.25, 0.3) is 0 Å². The maximum absolute atomic E-state index is 12.8. The van der Waals surface area contributed by atoms with Crippen LogP contribution in [0.5, 0.6) is 0 Å². The van der Waals surface area contributed by atoms with Crippen molar-refractivity contribution in [3.8, 4) is 11.8 Å². The first-order chi connectivity index (χ1) is 11.8. The van der Waals surface area contributed by atoms with Crippen LogP contribution in [0, 0.1) is 11.3 Å². The summed E-state index contributed by atoms with van der Waals surface area (Å²) in [5, 5.41) is 11.2. The van der Waals surface area contributed by atoms with E-state index in [-0.39, 0.29) is 0 Å². The SMILES string of the molecule is N#Cc1cc(NS(=O)C(F)(F)F)n(-c2c(Cl)cc(C(F)(F)F)cc2Cl)n1. The molecule has 0 aliphatic carbocycles. The lowest BCUT2D eigenvalue weighted by Gasteiger charge is -2.15. The van der Waals surface area contributed by atoms with Crippen LogP contribution in [0.15, 0.2) is 18.2 Å². The summed E-state index contributed by atoms with van der Waals surface area (Å²) >= 11 is 11.5. The third-order valence-electron chi connectivity index (χ3n) is 2.79. The van der Waals surface area contributed by atoms with Crippen LogP contribution in [0.3, 0.4) is 0 Å². The molecule has 0 aliphatic heterocycles. The summed E-state index contributed by atoms with van der Waals surface area (Å²) in [6.07, 6.45) is -4.77. The highest BCUT2D eigenvalue weighted by molar-refractivity contribution is 7.87. The Hall–Kier alpha value is -1.97. The number of hydrogen-bond acceptors (Lipinski definition) is 3. The lowest BCUT2D eigenvalue weighted by atomic mass is 10.2. The highest BCUT2D eigenvalue weighted by atomic mass is 35.5. The Balaban J connectivity index is 2.61. The summed E-state index contributed by atoms with van der Waals surface area (Å²) in [5.41, 5.74) is -7.18. The monoisotopic (exact) mass is 436 g/mol. The number of anilines is 1. The number of aromatic nitrogens is 2. The van der Waals surface area contributed by atoms with Crippen LogP contribution >= 0.6 is 23.2 Å². The van der Waals surface area contributed by atoms with E-state index in [1.807, 2.05) is 0 Å². The van der Waals surface area contributed by atoms with Gasteiger partial charge < -0.3 is 0 Å². The van der Waals surface area contributed by atoms with Crippen molar-refractivity contribution in [1.29, 1.82) is 5.26 Å². The van der Waals surface area contributed by atoms with Gasteiger partial charge in [-0.25, -0.2) is 8.89 Å². The van der Waals surface area contributed by atoms with Crippen LogP contribution < -0.4 is 4.72 Å². The second-order valence-corrected chi connectivity index (χ2v) is 6.56. The minimum Gasteiger partial charge on any atom is -0.282 e. The molecule has 0 amide bonds. The first kappa shape index (κ1) is 20.3. The molecule has 2 rings (SSSR count). The predicted molar refractivity (Wildman–Crippen MR) is 81.1 cm³/mol. The molecule has 2 aromatic rings. The van der Waals surface area contributed by atoms with Crippen LogP contribution in [0.1, 0.15) is 11.3 Å². The lowest BCUT2D eigenvalue weighted by Crippen LogP contribution is -2.24. The van der Waals surface area contributed by atoms with E-state index in [0.717, 1.165) is 6.07 Å². The minimum atomic E-state index is -5.14. The van der Waals surface area contributed by atoms with Gasteiger partial charge in [0, 0.05) is 6.07 Å². The van der Waals surface area contributed by atoms with Crippen molar-refractivity contribution in [3.05, 3.63) is 39.5 Å². The van der Waals surface area contributed by atoms with Crippen molar-refractivity contribution in [1.82, 2.24) is 9.78 Å². The van der Waals surface area contributed by atoms with Gasteiger partial charge in [-0.1, -0.05) is 23.2 Å². The maximum Gasteiger partial charge on any atom is 0.490 e. The van der Waals surface area contributed by atoms with Crippen LogP contribution in [0.4, 0.5) is 32.2 Å². The molecule has 0 fully saturated rings. The van der Waals surface area contributed by atoms with Gasteiger partial charge in [-0.15, -0.1) is 0 Å². The molecule has 0 saturated heterocycles. The van der Waals surface area contributed by atoms with Crippen LogP contribution in [-0.2, 0) is 17.2 Å². The van der Waals surface area contributed by atoms with E-state index in [1.54, 1.807) is 4.72 Å². The summed E-state index contributed by atoms with van der Waals surface area (Å²) in [6, 6.07) is 3.30. The molecule has 1 unspecified atom stereocenters. The first-order valence-electron chi connectivity index (χ1n) is 6.16. The number of nitrogens with zero attached hydrogens (tertiary/aromatic N) is 3. The molecule has 0 radical (unpaired) electrons. The molecule has 26 heavy (non-hydrogen) atoms. The fourth-order valence-corrected chi connectivity index (χ4v) is 2.86. The summed E-state index contributed by atoms with van der Waals surface area (Å²) in [6.45, 7) is 0. The largest absolute Gasteiger partial charge is 0.490 e. The van der Waals surface area contributed by atoms with E-state index >= 15 is 0 Å². The van der Waals surface area contributed by atoms with Gasteiger partial charge in [0.15, 0.2) is 5.69 Å². The molecule has 1 atom stereocenters. The maximum atomic E-state index is 12.8. The number of nitriles is 1. The van der Waals surface area contributed by atoms with E-state index in [0.29, 0.717) is 16.8 Å². The average molecular weight is 437 g/mol. The molecular weight excluding hydrogens is 433 g/mol. The van der Waals surface area contributed by atoms with Crippen LogP contribution in [-0.4, -0.2) is 19.5 Å². The zero-order valence-electron chi connectivity index (χ0n) is 11.9. The molecule has 1 aromatic heterocycles. The van der Waals surface area contributed by atoms with Gasteiger partial charge in [-0.2, -0.15) is 36.7 Å². The van der Waals surface area contributed by atoms with Gasteiger partial charge in [0.2, 0.25) is 11.0 Å². The topological polar surface area (TPSA) is 70.7 Å². The highest BCUT2D eigenvalue weighted by Crippen LogP contribution is 2.38. The fraction of sp³-hybridized carbons (Fsp3) is 0.167. The van der Waals surface area contributed by atoms with E-state index < -0.39 is 55.5 Å². The standard InChI is InChI=1S/C12H4Cl2F6N4OS/c13-7-1-5(11(15,16)17)2-8(14)10(7)24-9(3-6(4-21)22-24)23-26(25)12(18,19)20/h1-3,23H. The molecule has 1 N–H and O–H groups in total. The summed E-state index contributed by atoms with van der Waals surface area (Å²) in [7, 11) is -3.58. The Morgan fingerprint density at radius 2 is 1.65 bits per heavy atom. The van der Waals surface area contributed by atoms with Gasteiger partial charge >= 0.3 is 11.7 Å². The van der Waals surface area contributed by atoms with Gasteiger partial charge in [0.05, 0.1) is 15.6 Å². The van der Waals surface area contributed by atoms with E-state index in [2.05, 4.69) is 5.10 Å². The lowest BCUT2D eigenvalue weighted by molar-refractivity contribution is -0.137. The molecule has 0 spiro atoms. The Labute approximate surface area is 153 Å². The predicted octanol–water partition coefficient (Wildman–Crippen LogP) is 4.66. The van der Waals surface area contributed by atoms with Crippen LogP contribution in [0.2, 0.25) is 10.0 Å².